The Morgan fingerprint density at radius 2 is 1.84 bits per heavy atom. The third kappa shape index (κ3) is 5.47. The summed E-state index contributed by atoms with van der Waals surface area (Å²) in [5.74, 6) is 0.968. The molecule has 1 aromatic heterocycles. The number of fused-ring (bicyclic) bond motifs is 1. The van der Waals surface area contributed by atoms with Gasteiger partial charge in [-0.3, -0.25) is 4.79 Å². The molecule has 5 heteroatoms. The molecule has 0 atom stereocenters. The van der Waals surface area contributed by atoms with E-state index in [4.69, 9.17) is 4.74 Å². The fourth-order valence-electron chi connectivity index (χ4n) is 4.50. The van der Waals surface area contributed by atoms with Gasteiger partial charge in [0, 0.05) is 29.6 Å². The van der Waals surface area contributed by atoms with Gasteiger partial charge in [0.25, 0.3) is 0 Å². The summed E-state index contributed by atoms with van der Waals surface area (Å²) in [6.45, 7) is 4.27. The van der Waals surface area contributed by atoms with Gasteiger partial charge >= 0.3 is 0 Å². The van der Waals surface area contributed by atoms with Crippen molar-refractivity contribution in [2.45, 2.75) is 38.5 Å². The van der Waals surface area contributed by atoms with E-state index >= 15 is 0 Å². The first-order chi connectivity index (χ1) is 15.2. The molecule has 0 aliphatic carbocycles. The second-order valence-electron chi connectivity index (χ2n) is 8.36. The number of likely N-dealkylation sites (tertiary alicyclic amines) is 1. The third-order valence-electron chi connectivity index (χ3n) is 6.22. The number of nitrogens with zero attached hydrogens (tertiary/aromatic N) is 1. The largest absolute Gasteiger partial charge is 0.497 e. The summed E-state index contributed by atoms with van der Waals surface area (Å²) in [4.78, 5) is 18.6. The number of hydrogen-bond acceptors (Lipinski definition) is 3. The van der Waals surface area contributed by atoms with Crippen molar-refractivity contribution in [2.24, 2.45) is 0 Å². The second-order valence-corrected chi connectivity index (χ2v) is 8.36. The summed E-state index contributed by atoms with van der Waals surface area (Å²) in [5.41, 5.74) is 4.49. The van der Waals surface area contributed by atoms with Crippen molar-refractivity contribution in [3.05, 3.63) is 54.1 Å². The molecule has 4 rings (SSSR count). The van der Waals surface area contributed by atoms with Crippen LogP contribution in [0.5, 0.6) is 5.75 Å². The van der Waals surface area contributed by atoms with E-state index in [9.17, 15) is 4.79 Å². The average Bonchev–Trinajstić information content (AvgIpc) is 3.20. The van der Waals surface area contributed by atoms with Crippen LogP contribution in [-0.4, -0.2) is 49.1 Å². The van der Waals surface area contributed by atoms with Crippen LogP contribution in [0, 0.1) is 0 Å². The van der Waals surface area contributed by atoms with Gasteiger partial charge in [0.15, 0.2) is 0 Å². The molecule has 2 aromatic carbocycles. The Kier molecular flexibility index (Phi) is 7.26. The lowest BCUT2D eigenvalue weighted by molar-refractivity contribution is -0.121. The van der Waals surface area contributed by atoms with E-state index in [1.165, 1.54) is 43.3 Å². The standard InChI is InChI=1S/C26H33N3O2/c1-31-21-12-10-20(11-13-21)26-23(22-8-3-4-9-24(22)28-26)14-15-25(30)27-16-7-19-29-17-5-2-6-18-29/h3-4,8-13,28H,2,5-7,14-19H2,1H3,(H,27,30). The third-order valence-corrected chi connectivity index (χ3v) is 6.22. The van der Waals surface area contributed by atoms with E-state index in [2.05, 4.69) is 45.5 Å². The monoisotopic (exact) mass is 419 g/mol. The number of para-hydroxylation sites is 1. The van der Waals surface area contributed by atoms with Crippen LogP contribution in [0.2, 0.25) is 0 Å². The molecule has 1 aliphatic heterocycles. The van der Waals surface area contributed by atoms with Gasteiger partial charge in [-0.25, -0.2) is 0 Å². The second kappa shape index (κ2) is 10.5. The van der Waals surface area contributed by atoms with Crippen molar-refractivity contribution in [1.29, 1.82) is 0 Å². The Labute approximate surface area is 184 Å². The number of carbonyl (C=O) groups excluding carboxylic acids is 1. The number of aryl methyl sites for hydroxylation is 1. The SMILES string of the molecule is COc1ccc(-c2[nH]c3ccccc3c2CCC(=O)NCCCN2CCCCC2)cc1. The van der Waals surface area contributed by atoms with Gasteiger partial charge in [-0.2, -0.15) is 0 Å². The summed E-state index contributed by atoms with van der Waals surface area (Å²) >= 11 is 0. The van der Waals surface area contributed by atoms with Crippen LogP contribution < -0.4 is 10.1 Å². The lowest BCUT2D eigenvalue weighted by Gasteiger charge is -2.26. The quantitative estimate of drug-likeness (QED) is 0.491. The highest BCUT2D eigenvalue weighted by Gasteiger charge is 2.15. The normalized spacial score (nSPS) is 14.6. The number of benzene rings is 2. The predicted octanol–water partition coefficient (Wildman–Crippen LogP) is 4.77. The summed E-state index contributed by atoms with van der Waals surface area (Å²) in [6, 6.07) is 16.4. The number of aromatic amines is 1. The van der Waals surface area contributed by atoms with E-state index < -0.39 is 0 Å². The molecule has 3 aromatic rings. The number of piperidine rings is 1. The molecule has 31 heavy (non-hydrogen) atoms. The summed E-state index contributed by atoms with van der Waals surface area (Å²) in [5, 5.41) is 4.30. The van der Waals surface area contributed by atoms with Gasteiger partial charge in [-0.05, 0) is 86.8 Å². The first kappa shape index (κ1) is 21.4. The van der Waals surface area contributed by atoms with Crippen molar-refractivity contribution in [1.82, 2.24) is 15.2 Å². The molecule has 0 spiro atoms. The Bertz CT molecular complexity index is 988. The van der Waals surface area contributed by atoms with Gasteiger partial charge in [-0.1, -0.05) is 24.6 Å². The Morgan fingerprint density at radius 1 is 1.06 bits per heavy atom. The lowest BCUT2D eigenvalue weighted by atomic mass is 10.0. The minimum atomic E-state index is 0.129. The molecular formula is C26H33N3O2. The lowest BCUT2D eigenvalue weighted by Crippen LogP contribution is -2.33. The molecule has 2 heterocycles. The fraction of sp³-hybridized carbons (Fsp3) is 0.423. The number of methoxy groups -OCH3 is 1. The van der Waals surface area contributed by atoms with Crippen molar-refractivity contribution in [3.63, 3.8) is 0 Å². The van der Waals surface area contributed by atoms with Crippen LogP contribution in [0.25, 0.3) is 22.2 Å². The first-order valence-corrected chi connectivity index (χ1v) is 11.5. The Balaban J connectivity index is 1.37. The zero-order valence-electron chi connectivity index (χ0n) is 18.5. The number of aromatic nitrogens is 1. The first-order valence-electron chi connectivity index (χ1n) is 11.5. The van der Waals surface area contributed by atoms with E-state index in [-0.39, 0.29) is 5.91 Å². The average molecular weight is 420 g/mol. The summed E-state index contributed by atoms with van der Waals surface area (Å²) in [6.07, 6.45) is 6.22. The number of hydrogen-bond donors (Lipinski definition) is 2. The maximum atomic E-state index is 12.5. The van der Waals surface area contributed by atoms with Crippen LogP contribution >= 0.6 is 0 Å². The molecule has 1 fully saturated rings. The number of carbonyl (C=O) groups is 1. The van der Waals surface area contributed by atoms with Gasteiger partial charge in [0.2, 0.25) is 5.91 Å². The van der Waals surface area contributed by atoms with E-state index in [0.29, 0.717) is 12.8 Å². The molecule has 0 bridgehead atoms. The molecule has 2 N–H and O–H groups in total. The number of rotatable bonds is 9. The summed E-state index contributed by atoms with van der Waals surface area (Å²) in [7, 11) is 1.68. The topological polar surface area (TPSA) is 57.4 Å². The fourth-order valence-corrected chi connectivity index (χ4v) is 4.50. The molecule has 1 saturated heterocycles. The molecule has 1 amide bonds. The van der Waals surface area contributed by atoms with Crippen LogP contribution in [-0.2, 0) is 11.2 Å². The predicted molar refractivity (Wildman–Crippen MR) is 127 cm³/mol. The van der Waals surface area contributed by atoms with Crippen LogP contribution in [0.4, 0.5) is 0 Å². The molecule has 1 aliphatic rings. The number of ether oxygens (including phenoxy) is 1. The smallest absolute Gasteiger partial charge is 0.220 e. The Morgan fingerprint density at radius 3 is 2.61 bits per heavy atom. The van der Waals surface area contributed by atoms with Gasteiger partial charge in [0.1, 0.15) is 5.75 Å². The number of amides is 1. The van der Waals surface area contributed by atoms with Crippen LogP contribution in [0.3, 0.4) is 0 Å². The molecule has 0 unspecified atom stereocenters. The minimum Gasteiger partial charge on any atom is -0.497 e. The van der Waals surface area contributed by atoms with Gasteiger partial charge in [0.05, 0.1) is 7.11 Å². The van der Waals surface area contributed by atoms with Crippen LogP contribution in [0.1, 0.15) is 37.7 Å². The minimum absolute atomic E-state index is 0.129. The highest BCUT2D eigenvalue weighted by molar-refractivity contribution is 5.91. The number of H-pyrrole nitrogens is 1. The zero-order valence-corrected chi connectivity index (χ0v) is 18.5. The van der Waals surface area contributed by atoms with E-state index in [0.717, 1.165) is 42.0 Å². The summed E-state index contributed by atoms with van der Waals surface area (Å²) < 4.78 is 5.29. The maximum Gasteiger partial charge on any atom is 0.220 e. The molecular weight excluding hydrogens is 386 g/mol. The zero-order chi connectivity index (χ0) is 21.5. The van der Waals surface area contributed by atoms with Crippen molar-refractivity contribution in [2.75, 3.05) is 33.3 Å². The highest BCUT2D eigenvalue weighted by atomic mass is 16.5. The molecule has 0 saturated carbocycles. The van der Waals surface area contributed by atoms with E-state index in [1.54, 1.807) is 7.11 Å². The highest BCUT2D eigenvalue weighted by Crippen LogP contribution is 2.32. The Hall–Kier alpha value is -2.79. The van der Waals surface area contributed by atoms with Crippen molar-refractivity contribution >= 4 is 16.8 Å². The van der Waals surface area contributed by atoms with Crippen molar-refractivity contribution in [3.8, 4) is 17.0 Å². The molecule has 164 valence electrons. The molecule has 5 nitrogen and oxygen atoms in total. The van der Waals surface area contributed by atoms with Crippen LogP contribution in [0.15, 0.2) is 48.5 Å². The van der Waals surface area contributed by atoms with Gasteiger partial charge < -0.3 is 19.9 Å². The van der Waals surface area contributed by atoms with E-state index in [1.807, 2.05) is 18.2 Å². The van der Waals surface area contributed by atoms with Gasteiger partial charge in [-0.15, -0.1) is 0 Å². The van der Waals surface area contributed by atoms with Crippen molar-refractivity contribution < 1.29 is 9.53 Å². The molecule has 0 radical (unpaired) electrons. The maximum absolute atomic E-state index is 12.5. The number of nitrogens with one attached hydrogen (secondary N) is 2.